The van der Waals surface area contributed by atoms with E-state index in [-0.39, 0.29) is 18.7 Å². The fraction of sp³-hybridized carbons (Fsp3) is 0.588. The lowest BCUT2D eigenvalue weighted by Gasteiger charge is -2.27. The van der Waals surface area contributed by atoms with Crippen molar-refractivity contribution >= 4 is 11.7 Å². The number of nitrogens with one attached hydrogen (secondary N) is 2. The van der Waals surface area contributed by atoms with Crippen LogP contribution in [0, 0.1) is 0 Å². The molecule has 0 fully saturated rings. The zero-order valence-corrected chi connectivity index (χ0v) is 13.6. The Morgan fingerprint density at radius 2 is 2.27 bits per heavy atom. The van der Waals surface area contributed by atoms with Gasteiger partial charge in [0.15, 0.2) is 0 Å². The second kappa shape index (κ2) is 8.03. The van der Waals surface area contributed by atoms with Crippen LogP contribution in [0.3, 0.4) is 0 Å². The molecular weight excluding hydrogens is 278 g/mol. The van der Waals surface area contributed by atoms with Gasteiger partial charge in [0.05, 0.1) is 0 Å². The summed E-state index contributed by atoms with van der Waals surface area (Å²) < 4.78 is 0. The fourth-order valence-electron chi connectivity index (χ4n) is 2.90. The molecule has 2 rings (SSSR count). The van der Waals surface area contributed by atoms with E-state index >= 15 is 0 Å². The maximum absolute atomic E-state index is 11.9. The molecule has 0 bridgehead atoms. The Kier molecular flexibility index (Phi) is 6.07. The highest BCUT2D eigenvalue weighted by atomic mass is 16.3. The molecule has 0 spiro atoms. The highest BCUT2D eigenvalue weighted by molar-refractivity contribution is 5.74. The lowest BCUT2D eigenvalue weighted by Crippen LogP contribution is -2.41. The SMILES string of the molecule is CCC(CCO)NC(=O)NCc1ccc2c(c1)CCCN2C. The van der Waals surface area contributed by atoms with Gasteiger partial charge in [-0.05, 0) is 42.9 Å². The van der Waals surface area contributed by atoms with Crippen molar-refractivity contribution in [1.29, 1.82) is 0 Å². The van der Waals surface area contributed by atoms with Gasteiger partial charge in [0.1, 0.15) is 0 Å². The highest BCUT2D eigenvalue weighted by Crippen LogP contribution is 2.26. The van der Waals surface area contributed by atoms with Gasteiger partial charge in [0, 0.05) is 38.5 Å². The molecule has 0 radical (unpaired) electrons. The summed E-state index contributed by atoms with van der Waals surface area (Å²) in [6, 6.07) is 6.27. The summed E-state index contributed by atoms with van der Waals surface area (Å²) in [5.41, 5.74) is 3.79. The zero-order valence-electron chi connectivity index (χ0n) is 13.6. The van der Waals surface area contributed by atoms with Crippen molar-refractivity contribution in [2.45, 2.75) is 45.2 Å². The van der Waals surface area contributed by atoms with E-state index in [1.165, 1.54) is 17.7 Å². The number of aliphatic hydroxyl groups excluding tert-OH is 1. The van der Waals surface area contributed by atoms with Gasteiger partial charge in [-0.15, -0.1) is 0 Å². The molecule has 3 N–H and O–H groups in total. The Morgan fingerprint density at radius 3 is 3.00 bits per heavy atom. The Labute approximate surface area is 132 Å². The van der Waals surface area contributed by atoms with Crippen LogP contribution in [0.2, 0.25) is 0 Å². The quantitative estimate of drug-likeness (QED) is 0.753. The number of fused-ring (bicyclic) bond motifs is 1. The first-order valence-corrected chi connectivity index (χ1v) is 8.12. The molecule has 0 aliphatic carbocycles. The van der Waals surface area contributed by atoms with Crippen LogP contribution in [0.15, 0.2) is 18.2 Å². The van der Waals surface area contributed by atoms with Gasteiger partial charge >= 0.3 is 6.03 Å². The van der Waals surface area contributed by atoms with E-state index in [1.54, 1.807) is 0 Å². The molecule has 2 amide bonds. The van der Waals surface area contributed by atoms with Crippen LogP contribution < -0.4 is 15.5 Å². The number of carbonyl (C=O) groups is 1. The smallest absolute Gasteiger partial charge is 0.315 e. The highest BCUT2D eigenvalue weighted by Gasteiger charge is 2.14. The predicted molar refractivity (Wildman–Crippen MR) is 89.2 cm³/mol. The third-order valence-electron chi connectivity index (χ3n) is 4.25. The normalized spacial score (nSPS) is 15.1. The van der Waals surface area contributed by atoms with Crippen molar-refractivity contribution in [3.8, 4) is 0 Å². The number of hydrogen-bond donors (Lipinski definition) is 3. The Hall–Kier alpha value is -1.75. The predicted octanol–water partition coefficient (Wildman–Crippen LogP) is 2.03. The minimum absolute atomic E-state index is 0.0298. The molecule has 0 saturated carbocycles. The van der Waals surface area contributed by atoms with Gasteiger partial charge < -0.3 is 20.6 Å². The minimum Gasteiger partial charge on any atom is -0.396 e. The van der Waals surface area contributed by atoms with E-state index in [9.17, 15) is 4.79 Å². The number of benzene rings is 1. The fourth-order valence-corrected chi connectivity index (χ4v) is 2.90. The minimum atomic E-state index is -0.171. The van der Waals surface area contributed by atoms with Gasteiger partial charge in [-0.1, -0.05) is 19.1 Å². The molecule has 1 aliphatic rings. The second-order valence-corrected chi connectivity index (χ2v) is 5.93. The van der Waals surface area contributed by atoms with Crippen LogP contribution in [0.4, 0.5) is 10.5 Å². The standard InChI is InChI=1S/C17H27N3O2/c1-3-15(8-10-21)19-17(22)18-12-13-6-7-16-14(11-13)5-4-9-20(16)2/h6-7,11,15,21H,3-5,8-10,12H2,1-2H3,(H2,18,19,22). The number of anilines is 1. The molecule has 1 aliphatic heterocycles. The monoisotopic (exact) mass is 305 g/mol. The van der Waals surface area contributed by atoms with Crippen LogP contribution in [-0.4, -0.2) is 37.4 Å². The topological polar surface area (TPSA) is 64.6 Å². The summed E-state index contributed by atoms with van der Waals surface area (Å²) in [4.78, 5) is 14.2. The number of rotatable bonds is 6. The van der Waals surface area contributed by atoms with Gasteiger partial charge in [-0.3, -0.25) is 0 Å². The first-order valence-electron chi connectivity index (χ1n) is 8.12. The van der Waals surface area contributed by atoms with Crippen molar-refractivity contribution in [3.05, 3.63) is 29.3 Å². The Bertz CT molecular complexity index is 505. The van der Waals surface area contributed by atoms with Gasteiger partial charge in [0.25, 0.3) is 0 Å². The number of nitrogens with zero attached hydrogens (tertiary/aromatic N) is 1. The molecule has 1 heterocycles. The summed E-state index contributed by atoms with van der Waals surface area (Å²) in [6.45, 7) is 3.73. The summed E-state index contributed by atoms with van der Waals surface area (Å²) in [5, 5.41) is 14.7. The molecule has 1 aromatic carbocycles. The number of aryl methyl sites for hydroxylation is 1. The molecule has 5 heteroatoms. The molecule has 1 atom stereocenters. The van der Waals surface area contributed by atoms with Crippen LogP contribution in [0.25, 0.3) is 0 Å². The zero-order chi connectivity index (χ0) is 15.9. The van der Waals surface area contributed by atoms with Crippen LogP contribution in [0.5, 0.6) is 0 Å². The largest absolute Gasteiger partial charge is 0.396 e. The maximum atomic E-state index is 11.9. The average molecular weight is 305 g/mol. The number of carbonyl (C=O) groups excluding carboxylic acids is 1. The van der Waals surface area contributed by atoms with Crippen LogP contribution >= 0.6 is 0 Å². The lowest BCUT2D eigenvalue weighted by atomic mass is 9.99. The summed E-state index contributed by atoms with van der Waals surface area (Å²) in [5.74, 6) is 0. The third-order valence-corrected chi connectivity index (χ3v) is 4.25. The van der Waals surface area contributed by atoms with Gasteiger partial charge in [0.2, 0.25) is 0 Å². The van der Waals surface area contributed by atoms with Crippen LogP contribution in [-0.2, 0) is 13.0 Å². The average Bonchev–Trinajstić information content (AvgIpc) is 2.52. The number of hydrogen-bond acceptors (Lipinski definition) is 3. The van der Waals surface area contributed by atoms with Crippen molar-refractivity contribution in [1.82, 2.24) is 10.6 Å². The van der Waals surface area contributed by atoms with E-state index in [0.29, 0.717) is 13.0 Å². The summed E-state index contributed by atoms with van der Waals surface area (Å²) >= 11 is 0. The maximum Gasteiger partial charge on any atom is 0.315 e. The Balaban J connectivity index is 1.88. The molecule has 122 valence electrons. The van der Waals surface area contributed by atoms with Gasteiger partial charge in [-0.2, -0.15) is 0 Å². The summed E-state index contributed by atoms with van der Waals surface area (Å²) in [6.07, 6.45) is 3.70. The van der Waals surface area contributed by atoms with E-state index < -0.39 is 0 Å². The van der Waals surface area contributed by atoms with Crippen molar-refractivity contribution in [2.75, 3.05) is 25.1 Å². The van der Waals surface area contributed by atoms with E-state index in [1.807, 2.05) is 6.92 Å². The number of amides is 2. The lowest BCUT2D eigenvalue weighted by molar-refractivity contribution is 0.227. The second-order valence-electron chi connectivity index (χ2n) is 5.93. The molecule has 1 unspecified atom stereocenters. The van der Waals surface area contributed by atoms with Crippen LogP contribution in [0.1, 0.15) is 37.3 Å². The number of urea groups is 1. The van der Waals surface area contributed by atoms with Crippen molar-refractivity contribution < 1.29 is 9.90 Å². The van der Waals surface area contributed by atoms with E-state index in [2.05, 4.69) is 40.8 Å². The van der Waals surface area contributed by atoms with Crippen molar-refractivity contribution in [2.24, 2.45) is 0 Å². The molecule has 5 nitrogen and oxygen atoms in total. The molecule has 0 aromatic heterocycles. The molecule has 1 aromatic rings. The van der Waals surface area contributed by atoms with E-state index in [0.717, 1.165) is 24.9 Å². The summed E-state index contributed by atoms with van der Waals surface area (Å²) in [7, 11) is 2.12. The van der Waals surface area contributed by atoms with E-state index in [4.69, 9.17) is 5.11 Å². The third kappa shape index (κ3) is 4.37. The first-order chi connectivity index (χ1) is 10.6. The Morgan fingerprint density at radius 1 is 1.45 bits per heavy atom. The molecule has 0 saturated heterocycles. The molecule has 22 heavy (non-hydrogen) atoms. The first kappa shape index (κ1) is 16.6. The van der Waals surface area contributed by atoms with Crippen molar-refractivity contribution in [3.63, 3.8) is 0 Å². The number of aliphatic hydroxyl groups is 1. The molecular formula is C17H27N3O2. The van der Waals surface area contributed by atoms with Gasteiger partial charge in [-0.25, -0.2) is 4.79 Å².